The summed E-state index contributed by atoms with van der Waals surface area (Å²) >= 11 is 0. The van der Waals surface area contributed by atoms with Crippen LogP contribution in [0.2, 0.25) is 0 Å². The standard InChI is InChI=1S/C22H27N3O2/c1-24(2)22(27)19-7-6-8-20(15-19)23-21(26)18-11-9-17(10-12-18)16-25-13-4-3-5-14-25/h6-12,15H,3-5,13-14,16H2,1-2H3,(H,23,26). The highest BCUT2D eigenvalue weighted by Crippen LogP contribution is 2.16. The number of benzene rings is 2. The molecule has 0 aromatic heterocycles. The van der Waals surface area contributed by atoms with Crippen LogP contribution < -0.4 is 5.32 Å². The van der Waals surface area contributed by atoms with Crippen molar-refractivity contribution >= 4 is 17.5 Å². The number of carbonyl (C=O) groups is 2. The van der Waals surface area contributed by atoms with Gasteiger partial charge in [-0.05, 0) is 61.8 Å². The van der Waals surface area contributed by atoms with E-state index in [2.05, 4.69) is 10.2 Å². The summed E-state index contributed by atoms with van der Waals surface area (Å²) in [6.45, 7) is 3.26. The van der Waals surface area contributed by atoms with Crippen molar-refractivity contribution in [3.63, 3.8) is 0 Å². The van der Waals surface area contributed by atoms with Gasteiger partial charge in [-0.1, -0.05) is 24.6 Å². The van der Waals surface area contributed by atoms with E-state index in [1.54, 1.807) is 38.4 Å². The van der Waals surface area contributed by atoms with E-state index in [1.165, 1.54) is 29.7 Å². The second-order valence-corrected chi connectivity index (χ2v) is 7.27. The number of anilines is 1. The Balaban J connectivity index is 1.62. The Morgan fingerprint density at radius 2 is 1.67 bits per heavy atom. The quantitative estimate of drug-likeness (QED) is 0.880. The minimum absolute atomic E-state index is 0.0897. The van der Waals surface area contributed by atoms with Crippen molar-refractivity contribution < 1.29 is 9.59 Å². The summed E-state index contributed by atoms with van der Waals surface area (Å²) in [4.78, 5) is 28.6. The summed E-state index contributed by atoms with van der Waals surface area (Å²) in [5.41, 5.74) is 3.01. The highest BCUT2D eigenvalue weighted by molar-refractivity contribution is 6.05. The number of amides is 2. The normalized spacial score (nSPS) is 14.6. The molecule has 0 saturated carbocycles. The van der Waals surface area contributed by atoms with Gasteiger partial charge in [-0.25, -0.2) is 0 Å². The molecule has 142 valence electrons. The van der Waals surface area contributed by atoms with Gasteiger partial charge in [0, 0.05) is 37.5 Å². The Hall–Kier alpha value is -2.66. The van der Waals surface area contributed by atoms with Crippen LogP contribution >= 0.6 is 0 Å². The molecular weight excluding hydrogens is 338 g/mol. The highest BCUT2D eigenvalue weighted by Gasteiger charge is 2.12. The van der Waals surface area contributed by atoms with Crippen LogP contribution in [0.5, 0.6) is 0 Å². The molecule has 1 aliphatic heterocycles. The van der Waals surface area contributed by atoms with E-state index in [4.69, 9.17) is 0 Å². The van der Waals surface area contributed by atoms with Crippen molar-refractivity contribution in [2.45, 2.75) is 25.8 Å². The maximum absolute atomic E-state index is 12.5. The Morgan fingerprint density at radius 1 is 0.963 bits per heavy atom. The lowest BCUT2D eigenvalue weighted by Gasteiger charge is -2.26. The van der Waals surface area contributed by atoms with Gasteiger partial charge in [-0.15, -0.1) is 0 Å². The van der Waals surface area contributed by atoms with E-state index >= 15 is 0 Å². The Labute approximate surface area is 161 Å². The minimum Gasteiger partial charge on any atom is -0.345 e. The molecule has 0 atom stereocenters. The average molecular weight is 365 g/mol. The van der Waals surface area contributed by atoms with Gasteiger partial charge in [-0.3, -0.25) is 14.5 Å². The average Bonchev–Trinajstić information content (AvgIpc) is 2.69. The maximum atomic E-state index is 12.5. The number of carbonyl (C=O) groups excluding carboxylic acids is 2. The minimum atomic E-state index is -0.172. The fourth-order valence-electron chi connectivity index (χ4n) is 3.33. The van der Waals surface area contributed by atoms with Crippen molar-refractivity contribution in [1.82, 2.24) is 9.80 Å². The third-order valence-corrected chi connectivity index (χ3v) is 4.84. The second kappa shape index (κ2) is 8.82. The summed E-state index contributed by atoms with van der Waals surface area (Å²) in [5, 5.41) is 2.87. The molecule has 2 amide bonds. The lowest BCUT2D eigenvalue weighted by atomic mass is 10.1. The summed E-state index contributed by atoms with van der Waals surface area (Å²) in [6, 6.07) is 14.8. The zero-order valence-electron chi connectivity index (χ0n) is 16.1. The third kappa shape index (κ3) is 5.17. The molecular formula is C22H27N3O2. The first-order chi connectivity index (χ1) is 13.0. The van der Waals surface area contributed by atoms with Crippen LogP contribution in [0.3, 0.4) is 0 Å². The molecule has 1 saturated heterocycles. The van der Waals surface area contributed by atoms with Crippen molar-refractivity contribution in [3.05, 3.63) is 65.2 Å². The van der Waals surface area contributed by atoms with E-state index in [0.29, 0.717) is 16.8 Å². The van der Waals surface area contributed by atoms with Gasteiger partial charge in [0.05, 0.1) is 0 Å². The van der Waals surface area contributed by atoms with E-state index in [0.717, 1.165) is 19.6 Å². The molecule has 1 N–H and O–H groups in total. The zero-order chi connectivity index (χ0) is 19.2. The van der Waals surface area contributed by atoms with Crippen LogP contribution in [0.25, 0.3) is 0 Å². The lowest BCUT2D eigenvalue weighted by molar-refractivity contribution is 0.0827. The van der Waals surface area contributed by atoms with Gasteiger partial charge in [-0.2, -0.15) is 0 Å². The number of nitrogens with one attached hydrogen (secondary N) is 1. The molecule has 5 heteroatoms. The first kappa shape index (κ1) is 19.1. The molecule has 1 aliphatic rings. The fraction of sp³-hybridized carbons (Fsp3) is 0.364. The van der Waals surface area contributed by atoms with Crippen molar-refractivity contribution in [3.8, 4) is 0 Å². The van der Waals surface area contributed by atoms with Crippen LogP contribution in [0.4, 0.5) is 5.69 Å². The monoisotopic (exact) mass is 365 g/mol. The number of piperidine rings is 1. The molecule has 5 nitrogen and oxygen atoms in total. The molecule has 3 rings (SSSR count). The first-order valence-corrected chi connectivity index (χ1v) is 9.47. The molecule has 0 spiro atoms. The summed E-state index contributed by atoms with van der Waals surface area (Å²) in [6.07, 6.45) is 3.88. The highest BCUT2D eigenvalue weighted by atomic mass is 16.2. The van der Waals surface area contributed by atoms with Crippen molar-refractivity contribution in [1.29, 1.82) is 0 Å². The molecule has 2 aromatic rings. The molecule has 0 radical (unpaired) electrons. The van der Waals surface area contributed by atoms with E-state index < -0.39 is 0 Å². The van der Waals surface area contributed by atoms with Gasteiger partial charge in [0.25, 0.3) is 11.8 Å². The van der Waals surface area contributed by atoms with Gasteiger partial charge >= 0.3 is 0 Å². The number of hydrogen-bond acceptors (Lipinski definition) is 3. The molecule has 0 bridgehead atoms. The Kier molecular flexibility index (Phi) is 6.24. The van der Waals surface area contributed by atoms with Crippen LogP contribution in [0, 0.1) is 0 Å². The first-order valence-electron chi connectivity index (χ1n) is 9.47. The zero-order valence-corrected chi connectivity index (χ0v) is 16.1. The molecule has 0 unspecified atom stereocenters. The summed E-state index contributed by atoms with van der Waals surface area (Å²) < 4.78 is 0. The Morgan fingerprint density at radius 3 is 2.33 bits per heavy atom. The number of rotatable bonds is 5. The Bertz CT molecular complexity index is 793. The van der Waals surface area contributed by atoms with Gasteiger partial charge < -0.3 is 10.2 Å². The molecule has 1 heterocycles. The maximum Gasteiger partial charge on any atom is 0.255 e. The predicted molar refractivity (Wildman–Crippen MR) is 108 cm³/mol. The van der Waals surface area contributed by atoms with Crippen LogP contribution in [0.15, 0.2) is 48.5 Å². The molecule has 0 aliphatic carbocycles. The largest absolute Gasteiger partial charge is 0.345 e. The van der Waals surface area contributed by atoms with Crippen LogP contribution in [-0.2, 0) is 6.54 Å². The number of likely N-dealkylation sites (tertiary alicyclic amines) is 1. The molecule has 27 heavy (non-hydrogen) atoms. The SMILES string of the molecule is CN(C)C(=O)c1cccc(NC(=O)c2ccc(CN3CCCCC3)cc2)c1. The van der Waals surface area contributed by atoms with Crippen molar-refractivity contribution in [2.75, 3.05) is 32.5 Å². The van der Waals surface area contributed by atoms with E-state index in [-0.39, 0.29) is 11.8 Å². The predicted octanol–water partition coefficient (Wildman–Crippen LogP) is 3.63. The smallest absolute Gasteiger partial charge is 0.255 e. The van der Waals surface area contributed by atoms with Gasteiger partial charge in [0.15, 0.2) is 0 Å². The molecule has 2 aromatic carbocycles. The van der Waals surface area contributed by atoms with Gasteiger partial charge in [0.2, 0.25) is 0 Å². The fourth-order valence-corrected chi connectivity index (χ4v) is 3.33. The van der Waals surface area contributed by atoms with Gasteiger partial charge in [0.1, 0.15) is 0 Å². The summed E-state index contributed by atoms with van der Waals surface area (Å²) in [7, 11) is 3.41. The van der Waals surface area contributed by atoms with Crippen molar-refractivity contribution in [2.24, 2.45) is 0 Å². The number of hydrogen-bond donors (Lipinski definition) is 1. The third-order valence-electron chi connectivity index (χ3n) is 4.84. The number of nitrogens with zero attached hydrogens (tertiary/aromatic N) is 2. The van der Waals surface area contributed by atoms with Crippen LogP contribution in [-0.4, -0.2) is 48.8 Å². The lowest BCUT2D eigenvalue weighted by Crippen LogP contribution is -2.29. The van der Waals surface area contributed by atoms with Crippen LogP contribution in [0.1, 0.15) is 45.5 Å². The van der Waals surface area contributed by atoms with E-state index in [1.807, 2.05) is 24.3 Å². The topological polar surface area (TPSA) is 52.7 Å². The molecule has 1 fully saturated rings. The second-order valence-electron chi connectivity index (χ2n) is 7.27. The summed E-state index contributed by atoms with van der Waals surface area (Å²) in [5.74, 6) is -0.262. The van der Waals surface area contributed by atoms with E-state index in [9.17, 15) is 9.59 Å².